The van der Waals surface area contributed by atoms with Gasteiger partial charge in [0.05, 0.1) is 11.6 Å². The number of nitrogens with one attached hydrogen (secondary N) is 1. The van der Waals surface area contributed by atoms with Crippen LogP contribution in [-0.4, -0.2) is 36.9 Å². The highest BCUT2D eigenvalue weighted by Crippen LogP contribution is 2.25. The van der Waals surface area contributed by atoms with Gasteiger partial charge >= 0.3 is 0 Å². The predicted molar refractivity (Wildman–Crippen MR) is 79.2 cm³/mol. The Morgan fingerprint density at radius 3 is 3.05 bits per heavy atom. The Labute approximate surface area is 119 Å². The van der Waals surface area contributed by atoms with Crippen molar-refractivity contribution in [3.05, 3.63) is 36.0 Å². The summed E-state index contributed by atoms with van der Waals surface area (Å²) >= 11 is 0. The standard InChI is InChI=1S/C16H20N2O2/c1-11-7-16(14-5-3-4-6-15(14)18-11)19-10-13-9-17-8-12(2)20-13/h3-7,12-13,17H,8-10H2,1-2H3. The Bertz CT molecular complexity index is 600. The highest BCUT2D eigenvalue weighted by molar-refractivity contribution is 5.85. The summed E-state index contributed by atoms with van der Waals surface area (Å²) in [5.74, 6) is 0.884. The van der Waals surface area contributed by atoms with Crippen LogP contribution in [0.4, 0.5) is 0 Å². The van der Waals surface area contributed by atoms with E-state index in [1.54, 1.807) is 0 Å². The van der Waals surface area contributed by atoms with E-state index in [2.05, 4.69) is 17.2 Å². The highest BCUT2D eigenvalue weighted by Gasteiger charge is 2.19. The monoisotopic (exact) mass is 272 g/mol. The van der Waals surface area contributed by atoms with Crippen LogP contribution in [0.2, 0.25) is 0 Å². The lowest BCUT2D eigenvalue weighted by molar-refractivity contribution is -0.0468. The zero-order valence-corrected chi connectivity index (χ0v) is 11.9. The fourth-order valence-electron chi connectivity index (χ4n) is 2.54. The average Bonchev–Trinajstić information content (AvgIpc) is 2.44. The van der Waals surface area contributed by atoms with Gasteiger partial charge in [-0.1, -0.05) is 12.1 Å². The molecule has 2 atom stereocenters. The molecule has 2 aromatic rings. The van der Waals surface area contributed by atoms with Crippen molar-refractivity contribution >= 4 is 10.9 Å². The SMILES string of the molecule is Cc1cc(OCC2CNCC(C)O2)c2ccccc2n1. The molecule has 1 aliphatic rings. The van der Waals surface area contributed by atoms with E-state index in [-0.39, 0.29) is 12.2 Å². The van der Waals surface area contributed by atoms with Crippen molar-refractivity contribution in [3.8, 4) is 5.75 Å². The summed E-state index contributed by atoms with van der Waals surface area (Å²) in [5, 5.41) is 4.40. The molecule has 0 bridgehead atoms. The molecule has 0 spiro atoms. The number of aromatic nitrogens is 1. The van der Waals surface area contributed by atoms with Gasteiger partial charge in [-0.2, -0.15) is 0 Å². The number of morpholine rings is 1. The van der Waals surface area contributed by atoms with Crippen molar-refractivity contribution < 1.29 is 9.47 Å². The number of aryl methyl sites for hydroxylation is 1. The summed E-state index contributed by atoms with van der Waals surface area (Å²) in [6.45, 7) is 6.37. The third-order valence-corrected chi connectivity index (χ3v) is 3.46. The van der Waals surface area contributed by atoms with Crippen molar-refractivity contribution in [2.24, 2.45) is 0 Å². The van der Waals surface area contributed by atoms with Crippen molar-refractivity contribution in [1.29, 1.82) is 0 Å². The van der Waals surface area contributed by atoms with Crippen LogP contribution in [-0.2, 0) is 4.74 Å². The third kappa shape index (κ3) is 2.92. The van der Waals surface area contributed by atoms with Crippen molar-refractivity contribution in [1.82, 2.24) is 10.3 Å². The van der Waals surface area contributed by atoms with Gasteiger partial charge in [0.25, 0.3) is 0 Å². The van der Waals surface area contributed by atoms with Crippen molar-refractivity contribution in [2.45, 2.75) is 26.1 Å². The lowest BCUT2D eigenvalue weighted by atomic mass is 10.2. The number of rotatable bonds is 3. The molecule has 1 aromatic heterocycles. The summed E-state index contributed by atoms with van der Waals surface area (Å²) < 4.78 is 11.8. The Morgan fingerprint density at radius 2 is 2.20 bits per heavy atom. The number of hydrogen-bond acceptors (Lipinski definition) is 4. The molecule has 2 unspecified atom stereocenters. The summed E-state index contributed by atoms with van der Waals surface area (Å²) in [6, 6.07) is 10.0. The van der Waals surface area contributed by atoms with Crippen molar-refractivity contribution in [2.75, 3.05) is 19.7 Å². The molecule has 4 nitrogen and oxygen atoms in total. The zero-order valence-electron chi connectivity index (χ0n) is 11.9. The maximum atomic E-state index is 5.98. The van der Waals surface area contributed by atoms with E-state index < -0.39 is 0 Å². The van der Waals surface area contributed by atoms with E-state index in [1.807, 2.05) is 37.3 Å². The van der Waals surface area contributed by atoms with Crippen LogP contribution in [0, 0.1) is 6.92 Å². The maximum Gasteiger partial charge on any atom is 0.130 e. The maximum absolute atomic E-state index is 5.98. The molecule has 1 N–H and O–H groups in total. The van der Waals surface area contributed by atoms with E-state index in [1.165, 1.54) is 0 Å². The topological polar surface area (TPSA) is 43.4 Å². The van der Waals surface area contributed by atoms with E-state index >= 15 is 0 Å². The average molecular weight is 272 g/mol. The van der Waals surface area contributed by atoms with Gasteiger partial charge in [0, 0.05) is 30.2 Å². The zero-order chi connectivity index (χ0) is 13.9. The van der Waals surface area contributed by atoms with Crippen LogP contribution in [0.5, 0.6) is 5.75 Å². The lowest BCUT2D eigenvalue weighted by Gasteiger charge is -2.28. The quantitative estimate of drug-likeness (QED) is 0.931. The molecule has 0 saturated carbocycles. The van der Waals surface area contributed by atoms with Gasteiger partial charge in [-0.3, -0.25) is 4.98 Å². The Morgan fingerprint density at radius 1 is 1.35 bits per heavy atom. The van der Waals surface area contributed by atoms with Crippen LogP contribution < -0.4 is 10.1 Å². The largest absolute Gasteiger partial charge is 0.490 e. The molecule has 0 radical (unpaired) electrons. The minimum atomic E-state index is 0.103. The second-order valence-electron chi connectivity index (χ2n) is 5.32. The van der Waals surface area contributed by atoms with Crippen molar-refractivity contribution in [3.63, 3.8) is 0 Å². The summed E-state index contributed by atoms with van der Waals surface area (Å²) in [7, 11) is 0. The number of hydrogen-bond donors (Lipinski definition) is 1. The van der Waals surface area contributed by atoms with Gasteiger partial charge in [-0.05, 0) is 26.0 Å². The highest BCUT2D eigenvalue weighted by atomic mass is 16.5. The summed E-state index contributed by atoms with van der Waals surface area (Å²) in [6.07, 6.45) is 0.347. The molecular formula is C16H20N2O2. The third-order valence-electron chi connectivity index (χ3n) is 3.46. The van der Waals surface area contributed by atoms with E-state index in [9.17, 15) is 0 Å². The molecule has 1 fully saturated rings. The Kier molecular flexibility index (Phi) is 3.85. The predicted octanol–water partition coefficient (Wildman–Crippen LogP) is 2.30. The van der Waals surface area contributed by atoms with Gasteiger partial charge in [-0.15, -0.1) is 0 Å². The molecule has 20 heavy (non-hydrogen) atoms. The molecule has 0 aliphatic carbocycles. The van der Waals surface area contributed by atoms with Gasteiger partial charge in [-0.25, -0.2) is 0 Å². The molecule has 2 heterocycles. The van der Waals surface area contributed by atoms with Gasteiger partial charge in [0.15, 0.2) is 0 Å². The minimum Gasteiger partial charge on any atom is -0.490 e. The summed E-state index contributed by atoms with van der Waals surface area (Å²) in [5.41, 5.74) is 1.94. The van der Waals surface area contributed by atoms with E-state index in [0.29, 0.717) is 6.61 Å². The number of ether oxygens (including phenoxy) is 2. The first-order valence-electron chi connectivity index (χ1n) is 7.08. The van der Waals surface area contributed by atoms with Crippen LogP contribution >= 0.6 is 0 Å². The first-order valence-corrected chi connectivity index (χ1v) is 7.08. The molecule has 3 rings (SSSR count). The second kappa shape index (κ2) is 5.77. The van der Waals surface area contributed by atoms with Gasteiger partial charge in [0.2, 0.25) is 0 Å². The Balaban J connectivity index is 1.77. The Hall–Kier alpha value is -1.65. The van der Waals surface area contributed by atoms with Crippen LogP contribution in [0.25, 0.3) is 10.9 Å². The van der Waals surface area contributed by atoms with Crippen LogP contribution in [0.1, 0.15) is 12.6 Å². The number of pyridine rings is 1. The second-order valence-corrected chi connectivity index (χ2v) is 5.32. The smallest absolute Gasteiger partial charge is 0.130 e. The van der Waals surface area contributed by atoms with E-state index in [4.69, 9.17) is 9.47 Å². The lowest BCUT2D eigenvalue weighted by Crippen LogP contribution is -2.45. The normalized spacial score (nSPS) is 22.9. The molecular weight excluding hydrogens is 252 g/mol. The molecule has 1 aromatic carbocycles. The van der Waals surface area contributed by atoms with Gasteiger partial charge in [0.1, 0.15) is 18.5 Å². The fraction of sp³-hybridized carbons (Fsp3) is 0.438. The molecule has 4 heteroatoms. The molecule has 106 valence electrons. The molecule has 1 aliphatic heterocycles. The number of nitrogens with zero attached hydrogens (tertiary/aromatic N) is 1. The fourth-order valence-corrected chi connectivity index (χ4v) is 2.54. The summed E-state index contributed by atoms with van der Waals surface area (Å²) in [4.78, 5) is 4.52. The minimum absolute atomic E-state index is 0.103. The molecule has 1 saturated heterocycles. The van der Waals surface area contributed by atoms with Gasteiger partial charge < -0.3 is 14.8 Å². The number of fused-ring (bicyclic) bond motifs is 1. The number of para-hydroxylation sites is 1. The van der Waals surface area contributed by atoms with Crippen LogP contribution in [0.15, 0.2) is 30.3 Å². The number of benzene rings is 1. The molecule has 0 amide bonds. The van der Waals surface area contributed by atoms with Crippen LogP contribution in [0.3, 0.4) is 0 Å². The first kappa shape index (κ1) is 13.3. The van der Waals surface area contributed by atoms with E-state index in [0.717, 1.165) is 35.4 Å². The first-order chi connectivity index (χ1) is 9.72.